The predicted octanol–water partition coefficient (Wildman–Crippen LogP) is 1.51. The van der Waals surface area contributed by atoms with Crippen molar-refractivity contribution in [3.8, 4) is 0 Å². The van der Waals surface area contributed by atoms with E-state index >= 15 is 0 Å². The highest BCUT2D eigenvalue weighted by atomic mass is 16.6. The summed E-state index contributed by atoms with van der Waals surface area (Å²) in [6.07, 6.45) is 0.247. The van der Waals surface area contributed by atoms with Gasteiger partial charge in [0.1, 0.15) is 11.6 Å². The Morgan fingerprint density at radius 3 is 2.19 bits per heavy atom. The molecule has 0 spiro atoms. The zero-order valence-electron chi connectivity index (χ0n) is 10.7. The quantitative estimate of drug-likeness (QED) is 0.795. The molecule has 2 amide bonds. The maximum Gasteiger partial charge on any atom is 0.410 e. The lowest BCUT2D eigenvalue weighted by molar-refractivity contribution is -0.122. The molecule has 94 valence electrons. The smallest absolute Gasteiger partial charge is 0.410 e. The number of nitrogens with zero attached hydrogens (tertiary/aromatic N) is 1. The van der Waals surface area contributed by atoms with E-state index in [0.29, 0.717) is 6.54 Å². The van der Waals surface area contributed by atoms with Crippen molar-refractivity contribution in [1.82, 2.24) is 4.90 Å². The topological polar surface area (TPSA) is 72.6 Å². The molecule has 0 aromatic heterocycles. The fourth-order valence-corrected chi connectivity index (χ4v) is 1.16. The lowest BCUT2D eigenvalue weighted by Crippen LogP contribution is -2.48. The number of primary amides is 1. The highest BCUT2D eigenvalue weighted by molar-refractivity contribution is 5.83. The molecule has 0 aliphatic heterocycles. The Kier molecular flexibility index (Phi) is 5.27. The summed E-state index contributed by atoms with van der Waals surface area (Å²) < 4.78 is 5.20. The molecule has 5 heteroatoms. The standard InChI is InChI=1S/C11H22N2O3/c1-6-7-13(8(2)9(12)14)10(15)16-11(3,4)5/h8H,6-7H2,1-5H3,(H2,12,14)/t8-/m0/s1. The van der Waals surface area contributed by atoms with Gasteiger partial charge in [0, 0.05) is 6.54 Å². The van der Waals surface area contributed by atoms with E-state index in [9.17, 15) is 9.59 Å². The Balaban J connectivity index is 4.65. The van der Waals surface area contributed by atoms with Gasteiger partial charge in [0.05, 0.1) is 0 Å². The Morgan fingerprint density at radius 1 is 1.38 bits per heavy atom. The van der Waals surface area contributed by atoms with Gasteiger partial charge in [-0.25, -0.2) is 4.79 Å². The van der Waals surface area contributed by atoms with Crippen LogP contribution in [0.15, 0.2) is 0 Å². The van der Waals surface area contributed by atoms with Gasteiger partial charge in [0.2, 0.25) is 5.91 Å². The molecule has 0 aromatic rings. The Morgan fingerprint density at radius 2 is 1.88 bits per heavy atom. The number of hydrogen-bond acceptors (Lipinski definition) is 3. The van der Waals surface area contributed by atoms with Crippen molar-refractivity contribution in [2.45, 2.75) is 52.7 Å². The number of ether oxygens (including phenoxy) is 1. The van der Waals surface area contributed by atoms with E-state index in [1.54, 1.807) is 27.7 Å². The first-order valence-corrected chi connectivity index (χ1v) is 5.48. The minimum Gasteiger partial charge on any atom is -0.444 e. The molecule has 0 saturated carbocycles. The van der Waals surface area contributed by atoms with E-state index < -0.39 is 23.6 Å². The van der Waals surface area contributed by atoms with Crippen molar-refractivity contribution in [2.75, 3.05) is 6.54 Å². The number of rotatable bonds is 4. The third kappa shape index (κ3) is 5.00. The fourth-order valence-electron chi connectivity index (χ4n) is 1.16. The van der Waals surface area contributed by atoms with Crippen molar-refractivity contribution in [1.29, 1.82) is 0 Å². The van der Waals surface area contributed by atoms with Gasteiger partial charge in [-0.15, -0.1) is 0 Å². The molecule has 0 aliphatic carbocycles. The maximum absolute atomic E-state index is 11.8. The molecule has 0 bridgehead atoms. The first-order chi connectivity index (χ1) is 7.19. The summed E-state index contributed by atoms with van der Waals surface area (Å²) in [5.41, 5.74) is 4.61. The van der Waals surface area contributed by atoms with Crippen LogP contribution in [0.25, 0.3) is 0 Å². The summed E-state index contributed by atoms with van der Waals surface area (Å²) in [5, 5.41) is 0. The Hall–Kier alpha value is -1.26. The third-order valence-electron chi connectivity index (χ3n) is 1.97. The molecule has 0 saturated heterocycles. The summed E-state index contributed by atoms with van der Waals surface area (Å²) in [5.74, 6) is -0.528. The zero-order valence-corrected chi connectivity index (χ0v) is 10.7. The number of nitrogens with two attached hydrogens (primary N) is 1. The van der Waals surface area contributed by atoms with E-state index in [-0.39, 0.29) is 0 Å². The van der Waals surface area contributed by atoms with Crippen molar-refractivity contribution < 1.29 is 14.3 Å². The van der Waals surface area contributed by atoms with Crippen molar-refractivity contribution in [3.05, 3.63) is 0 Å². The summed E-state index contributed by atoms with van der Waals surface area (Å²) in [7, 11) is 0. The number of carbonyl (C=O) groups is 2. The van der Waals surface area contributed by atoms with Gasteiger partial charge >= 0.3 is 6.09 Å². The van der Waals surface area contributed by atoms with Crippen LogP contribution >= 0.6 is 0 Å². The second-order valence-corrected chi connectivity index (χ2v) is 4.75. The molecule has 0 unspecified atom stereocenters. The van der Waals surface area contributed by atoms with Gasteiger partial charge in [-0.2, -0.15) is 0 Å². The molecule has 16 heavy (non-hydrogen) atoms. The van der Waals surface area contributed by atoms with Crippen LogP contribution in [0.3, 0.4) is 0 Å². The van der Waals surface area contributed by atoms with Crippen LogP contribution in [-0.2, 0) is 9.53 Å². The minimum absolute atomic E-state index is 0.457. The van der Waals surface area contributed by atoms with Crippen molar-refractivity contribution in [3.63, 3.8) is 0 Å². The average Bonchev–Trinajstić information content (AvgIpc) is 2.09. The molecular weight excluding hydrogens is 208 g/mol. The highest BCUT2D eigenvalue weighted by Gasteiger charge is 2.27. The monoisotopic (exact) mass is 230 g/mol. The minimum atomic E-state index is -0.644. The van der Waals surface area contributed by atoms with E-state index in [2.05, 4.69) is 0 Å². The van der Waals surface area contributed by atoms with Crippen LogP contribution in [0.1, 0.15) is 41.0 Å². The molecule has 1 atom stereocenters. The van der Waals surface area contributed by atoms with E-state index in [0.717, 1.165) is 6.42 Å². The van der Waals surface area contributed by atoms with E-state index in [4.69, 9.17) is 10.5 Å². The summed E-state index contributed by atoms with van der Waals surface area (Å²) in [4.78, 5) is 24.2. The third-order valence-corrected chi connectivity index (χ3v) is 1.97. The first-order valence-electron chi connectivity index (χ1n) is 5.48. The number of hydrogen-bond donors (Lipinski definition) is 1. The normalized spacial score (nSPS) is 13.1. The SMILES string of the molecule is CCCN(C(=O)OC(C)(C)C)[C@@H](C)C(N)=O. The van der Waals surface area contributed by atoms with Crippen LogP contribution in [-0.4, -0.2) is 35.1 Å². The lowest BCUT2D eigenvalue weighted by atomic mass is 10.2. The summed E-state index contributed by atoms with van der Waals surface area (Å²) >= 11 is 0. The zero-order chi connectivity index (χ0) is 12.9. The second kappa shape index (κ2) is 5.72. The number of amides is 2. The van der Waals surface area contributed by atoms with Gasteiger partial charge in [-0.05, 0) is 34.1 Å². The van der Waals surface area contributed by atoms with Crippen LogP contribution in [0.2, 0.25) is 0 Å². The molecule has 0 aromatic carbocycles. The maximum atomic E-state index is 11.8. The molecule has 5 nitrogen and oxygen atoms in total. The second-order valence-electron chi connectivity index (χ2n) is 4.75. The van der Waals surface area contributed by atoms with Crippen molar-refractivity contribution in [2.24, 2.45) is 5.73 Å². The Bertz CT molecular complexity index is 258. The van der Waals surface area contributed by atoms with Gasteiger partial charge in [-0.1, -0.05) is 6.92 Å². The molecular formula is C11H22N2O3. The first kappa shape index (κ1) is 14.7. The molecule has 0 fully saturated rings. The van der Waals surface area contributed by atoms with Gasteiger partial charge in [0.15, 0.2) is 0 Å². The van der Waals surface area contributed by atoms with Crippen LogP contribution in [0.4, 0.5) is 4.79 Å². The molecule has 0 rings (SSSR count). The van der Waals surface area contributed by atoms with E-state index in [1.165, 1.54) is 4.90 Å². The summed E-state index contributed by atoms with van der Waals surface area (Å²) in [6.45, 7) is 9.32. The summed E-state index contributed by atoms with van der Waals surface area (Å²) in [6, 6.07) is -0.644. The Labute approximate surface area is 96.9 Å². The fraction of sp³-hybridized carbons (Fsp3) is 0.818. The number of carbonyl (C=O) groups excluding carboxylic acids is 2. The lowest BCUT2D eigenvalue weighted by Gasteiger charge is -2.30. The average molecular weight is 230 g/mol. The molecule has 0 radical (unpaired) electrons. The van der Waals surface area contributed by atoms with Gasteiger partial charge < -0.3 is 10.5 Å². The largest absolute Gasteiger partial charge is 0.444 e. The molecule has 2 N–H and O–H groups in total. The molecule has 0 heterocycles. The highest BCUT2D eigenvalue weighted by Crippen LogP contribution is 2.12. The van der Waals surface area contributed by atoms with Gasteiger partial charge in [-0.3, -0.25) is 9.69 Å². The van der Waals surface area contributed by atoms with E-state index in [1.807, 2.05) is 6.92 Å². The van der Waals surface area contributed by atoms with Crippen LogP contribution in [0.5, 0.6) is 0 Å². The van der Waals surface area contributed by atoms with Crippen molar-refractivity contribution >= 4 is 12.0 Å². The predicted molar refractivity (Wildman–Crippen MR) is 61.9 cm³/mol. The van der Waals surface area contributed by atoms with Gasteiger partial charge in [0.25, 0.3) is 0 Å². The van der Waals surface area contributed by atoms with Crippen LogP contribution in [0, 0.1) is 0 Å². The van der Waals surface area contributed by atoms with Crippen LogP contribution < -0.4 is 5.73 Å². The molecule has 0 aliphatic rings.